The summed E-state index contributed by atoms with van der Waals surface area (Å²) in [7, 11) is 0. The Balaban J connectivity index is 2.43. The molecule has 0 spiro atoms. The molecule has 0 bridgehead atoms. The van der Waals surface area contributed by atoms with E-state index in [0.29, 0.717) is 5.92 Å². The first-order valence-electron chi connectivity index (χ1n) is 6.17. The lowest BCUT2D eigenvalue weighted by molar-refractivity contribution is -0.126. The highest BCUT2D eigenvalue weighted by molar-refractivity contribution is 5.83. The lowest BCUT2D eigenvalue weighted by Gasteiger charge is -2.33. The number of primary amides is 1. The van der Waals surface area contributed by atoms with E-state index in [1.54, 1.807) is 6.92 Å². The molecule has 0 aliphatic heterocycles. The summed E-state index contributed by atoms with van der Waals surface area (Å²) in [5.74, 6) is 0.105. The quantitative estimate of drug-likeness (QED) is 0.741. The molecule has 0 heterocycles. The van der Waals surface area contributed by atoms with Gasteiger partial charge in [0.05, 0.1) is 12.7 Å². The molecule has 4 N–H and O–H groups in total. The molecule has 16 heavy (non-hydrogen) atoms. The molecule has 1 aliphatic carbocycles. The molecule has 0 aromatic rings. The third-order valence-electron chi connectivity index (χ3n) is 3.52. The van der Waals surface area contributed by atoms with Crippen molar-refractivity contribution >= 4 is 5.91 Å². The van der Waals surface area contributed by atoms with Crippen LogP contribution in [-0.4, -0.2) is 24.2 Å². The Labute approximate surface area is 97.7 Å². The van der Waals surface area contributed by atoms with Crippen LogP contribution in [0.15, 0.2) is 0 Å². The normalized spacial score (nSPS) is 29.7. The number of nitrogens with two attached hydrogens (primary N) is 2. The van der Waals surface area contributed by atoms with E-state index in [9.17, 15) is 4.79 Å². The number of carbonyl (C=O) groups excluding carboxylic acids is 1. The van der Waals surface area contributed by atoms with Crippen molar-refractivity contribution in [3.8, 4) is 0 Å². The SMILES string of the molecule is CCC1CCCCC1OCC(C)(N)C(N)=O. The van der Waals surface area contributed by atoms with Gasteiger partial charge >= 0.3 is 0 Å². The number of amides is 1. The smallest absolute Gasteiger partial charge is 0.239 e. The van der Waals surface area contributed by atoms with Crippen molar-refractivity contribution in [2.75, 3.05) is 6.61 Å². The van der Waals surface area contributed by atoms with Crippen molar-refractivity contribution < 1.29 is 9.53 Å². The van der Waals surface area contributed by atoms with Crippen molar-refractivity contribution in [1.82, 2.24) is 0 Å². The Hall–Kier alpha value is -0.610. The second-order valence-electron chi connectivity index (χ2n) is 5.08. The van der Waals surface area contributed by atoms with E-state index in [-0.39, 0.29) is 12.7 Å². The van der Waals surface area contributed by atoms with E-state index in [0.717, 1.165) is 12.8 Å². The van der Waals surface area contributed by atoms with Crippen LogP contribution in [0.25, 0.3) is 0 Å². The molecule has 94 valence electrons. The molecular weight excluding hydrogens is 204 g/mol. The van der Waals surface area contributed by atoms with Gasteiger partial charge in [-0.05, 0) is 25.7 Å². The maximum atomic E-state index is 11.1. The van der Waals surface area contributed by atoms with Gasteiger partial charge in [0.2, 0.25) is 5.91 Å². The summed E-state index contributed by atoms with van der Waals surface area (Å²) < 4.78 is 5.79. The standard InChI is InChI=1S/C12H24N2O2/c1-3-9-6-4-5-7-10(9)16-8-12(2,14)11(13)15/h9-10H,3-8,14H2,1-2H3,(H2,13,15). The fourth-order valence-electron chi connectivity index (χ4n) is 2.21. The summed E-state index contributed by atoms with van der Waals surface area (Å²) in [6.45, 7) is 4.03. The van der Waals surface area contributed by atoms with E-state index in [1.807, 2.05) is 0 Å². The van der Waals surface area contributed by atoms with Gasteiger partial charge in [0.25, 0.3) is 0 Å². The van der Waals surface area contributed by atoms with Gasteiger partial charge in [-0.1, -0.05) is 26.2 Å². The topological polar surface area (TPSA) is 78.3 Å². The summed E-state index contributed by atoms with van der Waals surface area (Å²) in [5, 5.41) is 0. The Morgan fingerprint density at radius 3 is 2.62 bits per heavy atom. The number of rotatable bonds is 5. The predicted octanol–water partition coefficient (Wildman–Crippen LogP) is 1.17. The van der Waals surface area contributed by atoms with Crippen LogP contribution >= 0.6 is 0 Å². The van der Waals surface area contributed by atoms with Crippen LogP contribution in [0, 0.1) is 5.92 Å². The molecule has 4 nitrogen and oxygen atoms in total. The van der Waals surface area contributed by atoms with Gasteiger partial charge in [-0.25, -0.2) is 0 Å². The zero-order valence-electron chi connectivity index (χ0n) is 10.4. The molecule has 4 heteroatoms. The van der Waals surface area contributed by atoms with Crippen molar-refractivity contribution in [3.63, 3.8) is 0 Å². The monoisotopic (exact) mass is 228 g/mol. The summed E-state index contributed by atoms with van der Waals surface area (Å²) in [4.78, 5) is 11.1. The van der Waals surface area contributed by atoms with E-state index in [1.165, 1.54) is 19.3 Å². The van der Waals surface area contributed by atoms with E-state index in [4.69, 9.17) is 16.2 Å². The van der Waals surface area contributed by atoms with Gasteiger partial charge in [0.15, 0.2) is 0 Å². The van der Waals surface area contributed by atoms with E-state index in [2.05, 4.69) is 6.92 Å². The zero-order valence-corrected chi connectivity index (χ0v) is 10.4. The zero-order chi connectivity index (χ0) is 12.2. The molecule has 0 saturated heterocycles. The Kier molecular flexibility index (Phi) is 4.74. The van der Waals surface area contributed by atoms with Crippen molar-refractivity contribution in [2.24, 2.45) is 17.4 Å². The minimum atomic E-state index is -1.05. The first-order chi connectivity index (χ1) is 7.47. The summed E-state index contributed by atoms with van der Waals surface area (Å²) in [6.07, 6.45) is 6.17. The van der Waals surface area contributed by atoms with Crippen LogP contribution in [0.1, 0.15) is 46.0 Å². The fourth-order valence-corrected chi connectivity index (χ4v) is 2.21. The molecule has 1 aliphatic rings. The van der Waals surface area contributed by atoms with Crippen LogP contribution in [-0.2, 0) is 9.53 Å². The second-order valence-corrected chi connectivity index (χ2v) is 5.08. The highest BCUT2D eigenvalue weighted by Gasteiger charge is 2.30. The molecule has 1 fully saturated rings. The van der Waals surface area contributed by atoms with Crippen LogP contribution in [0.2, 0.25) is 0 Å². The maximum Gasteiger partial charge on any atom is 0.239 e. The lowest BCUT2D eigenvalue weighted by atomic mass is 9.84. The fraction of sp³-hybridized carbons (Fsp3) is 0.917. The molecular formula is C12H24N2O2. The number of carbonyl (C=O) groups is 1. The molecule has 3 unspecified atom stereocenters. The van der Waals surface area contributed by atoms with Crippen LogP contribution in [0.4, 0.5) is 0 Å². The van der Waals surface area contributed by atoms with Crippen molar-refractivity contribution in [3.05, 3.63) is 0 Å². The van der Waals surface area contributed by atoms with E-state index < -0.39 is 11.4 Å². The summed E-state index contributed by atoms with van der Waals surface area (Å²) >= 11 is 0. The number of hydrogen-bond donors (Lipinski definition) is 2. The van der Waals surface area contributed by atoms with Gasteiger partial charge in [-0.15, -0.1) is 0 Å². The lowest BCUT2D eigenvalue weighted by Crippen LogP contribution is -2.53. The number of hydrogen-bond acceptors (Lipinski definition) is 3. The molecule has 1 amide bonds. The molecule has 0 aromatic carbocycles. The first-order valence-corrected chi connectivity index (χ1v) is 6.17. The maximum absolute atomic E-state index is 11.1. The molecule has 1 rings (SSSR count). The number of ether oxygens (including phenoxy) is 1. The third kappa shape index (κ3) is 3.46. The highest BCUT2D eigenvalue weighted by atomic mass is 16.5. The van der Waals surface area contributed by atoms with Gasteiger partial charge in [-0.2, -0.15) is 0 Å². The highest BCUT2D eigenvalue weighted by Crippen LogP contribution is 2.29. The second kappa shape index (κ2) is 5.64. The Bertz CT molecular complexity index is 241. The van der Waals surface area contributed by atoms with Crippen molar-refractivity contribution in [2.45, 2.75) is 57.6 Å². The Morgan fingerprint density at radius 1 is 1.44 bits per heavy atom. The van der Waals surface area contributed by atoms with Gasteiger partial charge < -0.3 is 16.2 Å². The van der Waals surface area contributed by atoms with Crippen LogP contribution in [0.5, 0.6) is 0 Å². The predicted molar refractivity (Wildman–Crippen MR) is 63.8 cm³/mol. The minimum Gasteiger partial charge on any atom is -0.375 e. The molecule has 0 aromatic heterocycles. The Morgan fingerprint density at radius 2 is 2.06 bits per heavy atom. The molecule has 0 radical (unpaired) electrons. The minimum absolute atomic E-state index is 0.226. The molecule has 1 saturated carbocycles. The van der Waals surface area contributed by atoms with Crippen molar-refractivity contribution in [1.29, 1.82) is 0 Å². The van der Waals surface area contributed by atoms with Gasteiger partial charge in [0, 0.05) is 0 Å². The van der Waals surface area contributed by atoms with Crippen LogP contribution in [0.3, 0.4) is 0 Å². The summed E-state index contributed by atoms with van der Waals surface area (Å²) in [5.41, 5.74) is 9.93. The summed E-state index contributed by atoms with van der Waals surface area (Å²) in [6, 6.07) is 0. The first kappa shape index (κ1) is 13.5. The van der Waals surface area contributed by atoms with Gasteiger partial charge in [-0.3, -0.25) is 4.79 Å². The van der Waals surface area contributed by atoms with E-state index >= 15 is 0 Å². The average molecular weight is 228 g/mol. The molecule has 3 atom stereocenters. The average Bonchev–Trinajstić information content (AvgIpc) is 2.26. The van der Waals surface area contributed by atoms with Crippen LogP contribution < -0.4 is 11.5 Å². The third-order valence-corrected chi connectivity index (χ3v) is 3.52. The van der Waals surface area contributed by atoms with Gasteiger partial charge in [0.1, 0.15) is 5.54 Å². The largest absolute Gasteiger partial charge is 0.375 e.